The third-order valence-electron chi connectivity index (χ3n) is 5.96. The molecule has 2 heteroatoms. The molecule has 0 saturated carbocycles. The summed E-state index contributed by atoms with van der Waals surface area (Å²) in [6.45, 7) is 11.9. The Balaban J connectivity index is 2.39. The van der Waals surface area contributed by atoms with Crippen molar-refractivity contribution in [3.63, 3.8) is 0 Å². The zero-order valence-corrected chi connectivity index (χ0v) is 19.9. The number of hydrogen-bond donors (Lipinski definition) is 0. The van der Waals surface area contributed by atoms with Crippen molar-refractivity contribution in [3.8, 4) is 0 Å². The predicted octanol–water partition coefficient (Wildman–Crippen LogP) is 8.06. The molecular weight excluding hydrogens is 368 g/mol. The van der Waals surface area contributed by atoms with Gasteiger partial charge in [0.25, 0.3) is 0 Å². The SMILES string of the molecule is CCCCCCCCC(c1ccc(C)cc1)C(OCC)(OCC)c1ccc(C)cc1. The van der Waals surface area contributed by atoms with E-state index in [2.05, 4.69) is 83.1 Å². The molecule has 166 valence electrons. The molecule has 2 nitrogen and oxygen atoms in total. The van der Waals surface area contributed by atoms with Crippen molar-refractivity contribution >= 4 is 0 Å². The summed E-state index contributed by atoms with van der Waals surface area (Å²) in [5.41, 5.74) is 4.96. The van der Waals surface area contributed by atoms with Crippen LogP contribution in [0.2, 0.25) is 0 Å². The standard InChI is InChI=1S/C28H42O2/c1-6-9-10-11-12-13-14-27(25-19-15-23(4)16-20-25)28(29-7-2,30-8-3)26-21-17-24(5)18-22-26/h15-22,27H,6-14H2,1-5H3. The molecule has 2 aromatic rings. The first-order valence-corrected chi connectivity index (χ1v) is 12.0. The average Bonchev–Trinajstić information content (AvgIpc) is 2.74. The Labute approximate surface area is 185 Å². The molecule has 2 rings (SSSR count). The molecule has 0 spiro atoms. The van der Waals surface area contributed by atoms with E-state index in [-0.39, 0.29) is 5.92 Å². The molecule has 0 aliphatic heterocycles. The highest BCUT2D eigenvalue weighted by atomic mass is 16.7. The first-order valence-electron chi connectivity index (χ1n) is 12.0. The maximum absolute atomic E-state index is 6.52. The molecule has 0 fully saturated rings. The van der Waals surface area contributed by atoms with Crippen LogP contribution in [0.5, 0.6) is 0 Å². The van der Waals surface area contributed by atoms with Gasteiger partial charge in [0.15, 0.2) is 0 Å². The van der Waals surface area contributed by atoms with E-state index in [1.807, 2.05) is 0 Å². The second-order valence-electron chi connectivity index (χ2n) is 8.42. The Kier molecular flexibility index (Phi) is 10.6. The van der Waals surface area contributed by atoms with E-state index in [9.17, 15) is 0 Å². The zero-order chi connectivity index (χ0) is 21.8. The second kappa shape index (κ2) is 12.9. The van der Waals surface area contributed by atoms with Crippen LogP contribution in [0.1, 0.15) is 93.9 Å². The predicted molar refractivity (Wildman–Crippen MR) is 128 cm³/mol. The van der Waals surface area contributed by atoms with Crippen LogP contribution in [0.15, 0.2) is 48.5 Å². The smallest absolute Gasteiger partial charge is 0.201 e. The van der Waals surface area contributed by atoms with Gasteiger partial charge >= 0.3 is 0 Å². The Bertz CT molecular complexity index is 696. The summed E-state index contributed by atoms with van der Waals surface area (Å²) < 4.78 is 13.0. The van der Waals surface area contributed by atoms with Crippen molar-refractivity contribution in [2.24, 2.45) is 0 Å². The fourth-order valence-corrected chi connectivity index (χ4v) is 4.33. The fraction of sp³-hybridized carbons (Fsp3) is 0.571. The van der Waals surface area contributed by atoms with Crippen LogP contribution in [-0.2, 0) is 15.3 Å². The Morgan fingerprint density at radius 2 is 1.17 bits per heavy atom. The lowest BCUT2D eigenvalue weighted by Gasteiger charge is -2.41. The molecule has 1 unspecified atom stereocenters. The largest absolute Gasteiger partial charge is 0.346 e. The van der Waals surface area contributed by atoms with E-state index in [0.717, 1.165) is 12.0 Å². The maximum Gasteiger partial charge on any atom is 0.201 e. The molecule has 0 bridgehead atoms. The molecule has 0 N–H and O–H groups in total. The highest BCUT2D eigenvalue weighted by Gasteiger charge is 2.43. The zero-order valence-electron chi connectivity index (χ0n) is 19.9. The summed E-state index contributed by atoms with van der Waals surface area (Å²) in [6, 6.07) is 17.6. The van der Waals surface area contributed by atoms with E-state index in [1.165, 1.54) is 55.2 Å². The first kappa shape index (κ1) is 24.6. The molecule has 0 aliphatic carbocycles. The Morgan fingerprint density at radius 1 is 0.667 bits per heavy atom. The molecule has 0 radical (unpaired) electrons. The number of rotatable bonds is 14. The first-order chi connectivity index (χ1) is 14.6. The summed E-state index contributed by atoms with van der Waals surface area (Å²) in [7, 11) is 0. The lowest BCUT2D eigenvalue weighted by molar-refractivity contribution is -0.258. The summed E-state index contributed by atoms with van der Waals surface area (Å²) in [4.78, 5) is 0. The Hall–Kier alpha value is -1.64. The minimum absolute atomic E-state index is 0.159. The topological polar surface area (TPSA) is 18.5 Å². The van der Waals surface area contributed by atoms with Gasteiger partial charge in [0.1, 0.15) is 0 Å². The number of aryl methyl sites for hydroxylation is 2. The lowest BCUT2D eigenvalue weighted by atomic mass is 9.81. The van der Waals surface area contributed by atoms with Crippen LogP contribution in [0.3, 0.4) is 0 Å². The molecular formula is C28H42O2. The van der Waals surface area contributed by atoms with Crippen LogP contribution in [0, 0.1) is 13.8 Å². The lowest BCUT2D eigenvalue weighted by Crippen LogP contribution is -2.40. The van der Waals surface area contributed by atoms with Crippen molar-refractivity contribution in [2.45, 2.75) is 91.3 Å². The number of benzene rings is 2. The van der Waals surface area contributed by atoms with Gasteiger partial charge in [-0.2, -0.15) is 0 Å². The third kappa shape index (κ3) is 6.68. The van der Waals surface area contributed by atoms with Gasteiger partial charge in [-0.1, -0.05) is 105 Å². The number of unbranched alkanes of at least 4 members (excludes halogenated alkanes) is 5. The number of hydrogen-bond acceptors (Lipinski definition) is 2. The van der Waals surface area contributed by atoms with Gasteiger partial charge < -0.3 is 9.47 Å². The van der Waals surface area contributed by atoms with Crippen molar-refractivity contribution in [1.82, 2.24) is 0 Å². The highest BCUT2D eigenvalue weighted by molar-refractivity contribution is 5.33. The average molecular weight is 411 g/mol. The van der Waals surface area contributed by atoms with Crippen LogP contribution in [0.4, 0.5) is 0 Å². The van der Waals surface area contributed by atoms with E-state index >= 15 is 0 Å². The van der Waals surface area contributed by atoms with Gasteiger partial charge in [-0.3, -0.25) is 0 Å². The quantitative estimate of drug-likeness (QED) is 0.231. The number of ether oxygens (including phenoxy) is 2. The van der Waals surface area contributed by atoms with Crippen LogP contribution in [0.25, 0.3) is 0 Å². The Morgan fingerprint density at radius 3 is 1.70 bits per heavy atom. The molecule has 2 aromatic carbocycles. The van der Waals surface area contributed by atoms with Gasteiger partial charge in [-0.05, 0) is 39.7 Å². The van der Waals surface area contributed by atoms with Gasteiger partial charge in [-0.15, -0.1) is 0 Å². The summed E-state index contributed by atoms with van der Waals surface area (Å²) in [5.74, 6) is -0.595. The van der Waals surface area contributed by atoms with Crippen LogP contribution in [-0.4, -0.2) is 13.2 Å². The molecule has 0 saturated heterocycles. The van der Waals surface area contributed by atoms with Gasteiger partial charge in [-0.25, -0.2) is 0 Å². The van der Waals surface area contributed by atoms with E-state index in [1.54, 1.807) is 0 Å². The maximum atomic E-state index is 6.52. The minimum Gasteiger partial charge on any atom is -0.346 e. The normalized spacial score (nSPS) is 12.8. The monoisotopic (exact) mass is 410 g/mol. The molecule has 30 heavy (non-hydrogen) atoms. The van der Waals surface area contributed by atoms with E-state index in [0.29, 0.717) is 13.2 Å². The van der Waals surface area contributed by atoms with Crippen LogP contribution >= 0.6 is 0 Å². The van der Waals surface area contributed by atoms with Gasteiger partial charge in [0.2, 0.25) is 5.79 Å². The summed E-state index contributed by atoms with van der Waals surface area (Å²) >= 11 is 0. The highest BCUT2D eigenvalue weighted by Crippen LogP contribution is 2.45. The molecule has 1 atom stereocenters. The van der Waals surface area contributed by atoms with Gasteiger partial charge in [0, 0.05) is 24.7 Å². The van der Waals surface area contributed by atoms with Crippen molar-refractivity contribution < 1.29 is 9.47 Å². The summed E-state index contributed by atoms with van der Waals surface area (Å²) in [5, 5.41) is 0. The third-order valence-corrected chi connectivity index (χ3v) is 5.96. The minimum atomic E-state index is -0.754. The van der Waals surface area contributed by atoms with Crippen LogP contribution < -0.4 is 0 Å². The van der Waals surface area contributed by atoms with Gasteiger partial charge in [0.05, 0.1) is 0 Å². The second-order valence-corrected chi connectivity index (χ2v) is 8.42. The van der Waals surface area contributed by atoms with Crippen molar-refractivity contribution in [3.05, 3.63) is 70.8 Å². The van der Waals surface area contributed by atoms with E-state index < -0.39 is 5.79 Å². The van der Waals surface area contributed by atoms with Crippen molar-refractivity contribution in [1.29, 1.82) is 0 Å². The summed E-state index contributed by atoms with van der Waals surface area (Å²) in [6.07, 6.45) is 8.80. The molecule has 0 heterocycles. The molecule has 0 aliphatic rings. The fourth-order valence-electron chi connectivity index (χ4n) is 4.33. The van der Waals surface area contributed by atoms with E-state index in [4.69, 9.17) is 9.47 Å². The van der Waals surface area contributed by atoms with Crippen molar-refractivity contribution in [2.75, 3.05) is 13.2 Å². The molecule has 0 aromatic heterocycles. The molecule has 0 amide bonds.